The largest absolute Gasteiger partial charge is 0.434 e. The van der Waals surface area contributed by atoms with Crippen LogP contribution in [0, 0.1) is 13.8 Å². The number of nitrogens with one attached hydrogen (secondary N) is 2. The van der Waals surface area contributed by atoms with Crippen molar-refractivity contribution in [2.75, 3.05) is 32.8 Å². The first kappa shape index (κ1) is 38.6. The maximum absolute atomic E-state index is 13.7. The number of aromatic nitrogens is 4. The summed E-state index contributed by atoms with van der Waals surface area (Å²) < 4.78 is 27.2. The summed E-state index contributed by atoms with van der Waals surface area (Å²) in [6.45, 7) is 22.5. The van der Waals surface area contributed by atoms with Gasteiger partial charge in [-0.2, -0.15) is 5.10 Å². The molecule has 0 aliphatic carbocycles. The zero-order valence-corrected chi connectivity index (χ0v) is 34.6. The van der Waals surface area contributed by atoms with Gasteiger partial charge in [-0.1, -0.05) is 65.5 Å². The van der Waals surface area contributed by atoms with Crippen molar-refractivity contribution in [2.24, 2.45) is 0 Å². The minimum absolute atomic E-state index is 0.183. The molecule has 1 aliphatic rings. The van der Waals surface area contributed by atoms with E-state index in [1.807, 2.05) is 4.52 Å². The Labute approximate surface area is 301 Å². The van der Waals surface area contributed by atoms with Gasteiger partial charge in [-0.3, -0.25) is 23.8 Å². The Hall–Kier alpha value is -2.61. The number of hydrogen-bond donors (Lipinski definition) is 2. The summed E-state index contributed by atoms with van der Waals surface area (Å²) >= 11 is 0. The van der Waals surface area contributed by atoms with Crippen molar-refractivity contribution < 1.29 is 18.4 Å². The van der Waals surface area contributed by atoms with Crippen LogP contribution in [-0.4, -0.2) is 80.1 Å². The fourth-order valence-corrected chi connectivity index (χ4v) is 11.6. The van der Waals surface area contributed by atoms with Crippen LogP contribution in [0.3, 0.4) is 0 Å². The number of nitrogens with zero attached hydrogens (tertiary/aromatic N) is 4. The number of carbonyl (C=O) groups is 1. The number of aryl methyl sites for hydroxylation is 1. The minimum atomic E-state index is -3.73. The lowest BCUT2D eigenvalue weighted by atomic mass is 9.87. The van der Waals surface area contributed by atoms with Gasteiger partial charge in [-0.15, -0.1) is 0 Å². The third kappa shape index (κ3) is 9.24. The molecule has 1 aliphatic heterocycles. The number of hydrogen-bond acceptors (Lipinski definition) is 7. The van der Waals surface area contributed by atoms with Crippen molar-refractivity contribution in [1.82, 2.24) is 29.6 Å². The van der Waals surface area contributed by atoms with E-state index in [2.05, 4.69) is 110 Å². The fourth-order valence-electron chi connectivity index (χ4n) is 7.28. The monoisotopic (exact) mass is 737 g/mol. The Morgan fingerprint density at radius 3 is 2.52 bits per heavy atom. The maximum atomic E-state index is 13.7. The Bertz CT molecular complexity index is 1830. The lowest BCUT2D eigenvalue weighted by Gasteiger charge is -2.32. The van der Waals surface area contributed by atoms with Gasteiger partial charge in [0.15, 0.2) is 5.65 Å². The molecule has 50 heavy (non-hydrogen) atoms. The Kier molecular flexibility index (Phi) is 12.7. The van der Waals surface area contributed by atoms with Gasteiger partial charge in [0, 0.05) is 39.5 Å². The molecule has 1 amide bonds. The first-order valence-electron chi connectivity index (χ1n) is 18.4. The first-order chi connectivity index (χ1) is 23.7. The Morgan fingerprint density at radius 1 is 1.12 bits per heavy atom. The van der Waals surface area contributed by atoms with Gasteiger partial charge >= 0.3 is 7.75 Å². The van der Waals surface area contributed by atoms with Gasteiger partial charge in [0.2, 0.25) is 5.91 Å². The van der Waals surface area contributed by atoms with Crippen LogP contribution >= 0.6 is 7.75 Å². The highest BCUT2D eigenvalue weighted by Crippen LogP contribution is 2.45. The van der Waals surface area contributed by atoms with E-state index in [-0.39, 0.29) is 12.5 Å². The molecule has 1 radical (unpaired) electrons. The minimum Gasteiger partial charge on any atom is -0.354 e. The summed E-state index contributed by atoms with van der Waals surface area (Å²) in [7, 11) is -5.72. The number of carbonyl (C=O) groups excluding carboxylic acids is 1. The molecule has 0 spiro atoms. The lowest BCUT2D eigenvalue weighted by molar-refractivity contribution is -0.121. The number of benzene rings is 1. The van der Waals surface area contributed by atoms with E-state index in [0.717, 1.165) is 72.4 Å². The molecule has 1 fully saturated rings. The van der Waals surface area contributed by atoms with Crippen LogP contribution in [0.25, 0.3) is 27.8 Å². The predicted octanol–water partition coefficient (Wildman–Crippen LogP) is 8.93. The molecule has 1 atom stereocenters. The van der Waals surface area contributed by atoms with Gasteiger partial charge in [0.05, 0.1) is 25.5 Å². The summed E-state index contributed by atoms with van der Waals surface area (Å²) in [6, 6.07) is 9.79. The summed E-state index contributed by atoms with van der Waals surface area (Å²) in [6.07, 6.45) is 6.75. The number of aromatic amines is 1. The maximum Gasteiger partial charge on any atom is 0.434 e. The van der Waals surface area contributed by atoms with Gasteiger partial charge in [-0.25, -0.2) is 14.1 Å². The number of rotatable bonds is 16. The van der Waals surface area contributed by atoms with Crippen molar-refractivity contribution in [3.8, 4) is 11.3 Å². The van der Waals surface area contributed by atoms with Gasteiger partial charge < -0.3 is 4.98 Å². The smallest absolute Gasteiger partial charge is 0.354 e. The van der Waals surface area contributed by atoms with Crippen LogP contribution < -0.4 is 5.09 Å². The van der Waals surface area contributed by atoms with Crippen LogP contribution in [-0.2, 0) is 18.4 Å². The molecular formula is C37H58N6O4PSi2. The van der Waals surface area contributed by atoms with E-state index in [1.54, 1.807) is 6.33 Å². The Morgan fingerprint density at radius 2 is 1.84 bits per heavy atom. The quantitative estimate of drug-likeness (QED) is 0.0872. The zero-order chi connectivity index (χ0) is 36.2. The molecule has 5 rings (SSSR count). The van der Waals surface area contributed by atoms with Crippen LogP contribution in [0.5, 0.6) is 0 Å². The van der Waals surface area contributed by atoms with E-state index < -0.39 is 24.6 Å². The molecule has 4 aromatic rings. The number of fused-ring (bicyclic) bond motifs is 2. The zero-order valence-electron chi connectivity index (χ0n) is 31.7. The second kappa shape index (κ2) is 16.4. The topological polar surface area (TPSA) is 114 Å². The number of amides is 1. The fraction of sp³-hybridized carbons (Fsp3) is 0.595. The standard InChI is InChI=1S/C37H58N6O4PSi2/c1-10-20-50(8,9)21-18-47-48(45,46-17-19-49(6)7)41-34(44)24-42-15-13-29(14-16-42)30-11-12-33-31(22-30)35(26(2)3)36(40-33)32-23-43-37(38-25-39-43)28(5)27(32)4/h11-12,22-23,25-26,29,40H,10,13-21,24H2,1-9H3,(H,41,44,45). The third-order valence-corrected chi connectivity index (χ3v) is 16.5. The van der Waals surface area contributed by atoms with Crippen LogP contribution in [0.2, 0.25) is 44.3 Å². The molecule has 1 unspecified atom stereocenters. The Balaban J connectivity index is 1.24. The second-order valence-electron chi connectivity index (χ2n) is 15.6. The van der Waals surface area contributed by atoms with Gasteiger partial charge in [-0.05, 0) is 98.1 Å². The average Bonchev–Trinajstić information content (AvgIpc) is 3.67. The molecule has 0 bridgehead atoms. The highest BCUT2D eigenvalue weighted by Gasteiger charge is 2.31. The van der Waals surface area contributed by atoms with Crippen LogP contribution in [0.15, 0.2) is 30.7 Å². The number of likely N-dealkylation sites (tertiary alicyclic amines) is 1. The van der Waals surface area contributed by atoms with Crippen molar-refractivity contribution in [3.05, 3.63) is 53.0 Å². The van der Waals surface area contributed by atoms with E-state index in [1.165, 1.54) is 28.1 Å². The molecule has 3 aromatic heterocycles. The summed E-state index contributed by atoms with van der Waals surface area (Å²) in [5.41, 5.74) is 9.32. The molecule has 4 heterocycles. The summed E-state index contributed by atoms with van der Waals surface area (Å²) in [5, 5.41) is 8.39. The summed E-state index contributed by atoms with van der Waals surface area (Å²) in [5.74, 6) is 0.425. The van der Waals surface area contributed by atoms with Crippen molar-refractivity contribution in [1.29, 1.82) is 0 Å². The number of piperidine rings is 1. The molecule has 0 saturated carbocycles. The second-order valence-corrected chi connectivity index (χ2v) is 25.5. The van der Waals surface area contributed by atoms with Crippen LogP contribution in [0.1, 0.15) is 74.1 Å². The van der Waals surface area contributed by atoms with Crippen molar-refractivity contribution in [3.63, 3.8) is 0 Å². The first-order valence-corrected chi connectivity index (χ1v) is 26.0. The molecular weight excluding hydrogens is 680 g/mol. The summed E-state index contributed by atoms with van der Waals surface area (Å²) in [4.78, 5) is 23.6. The molecule has 13 heteroatoms. The molecule has 10 nitrogen and oxygen atoms in total. The molecule has 1 aromatic carbocycles. The molecule has 273 valence electrons. The van der Waals surface area contributed by atoms with Gasteiger partial charge in [0.1, 0.15) is 6.33 Å². The van der Waals surface area contributed by atoms with Gasteiger partial charge in [0.25, 0.3) is 0 Å². The highest BCUT2D eigenvalue weighted by molar-refractivity contribution is 7.52. The van der Waals surface area contributed by atoms with Crippen LogP contribution in [0.4, 0.5) is 0 Å². The third-order valence-electron chi connectivity index (χ3n) is 10.4. The van der Waals surface area contributed by atoms with E-state index in [4.69, 9.17) is 9.05 Å². The lowest BCUT2D eigenvalue weighted by Crippen LogP contribution is -2.40. The molecule has 1 saturated heterocycles. The van der Waals surface area contributed by atoms with E-state index in [9.17, 15) is 9.36 Å². The van der Waals surface area contributed by atoms with Crippen molar-refractivity contribution >= 4 is 47.1 Å². The highest BCUT2D eigenvalue weighted by atomic mass is 31.2. The SMILES string of the molecule is CCC[Si](C)(C)CCOP(=O)(NC(=O)CN1CCC(c2ccc3[nH]c(-c4cn5ncnc5c(C)c4C)c(C(C)C)c3c2)CC1)OCC[Si](C)C. The predicted molar refractivity (Wildman–Crippen MR) is 210 cm³/mol. The molecule has 2 N–H and O–H groups in total. The van der Waals surface area contributed by atoms with Crippen molar-refractivity contribution in [2.45, 2.75) is 110 Å². The average molecular weight is 738 g/mol. The van der Waals surface area contributed by atoms with E-state index >= 15 is 0 Å². The number of pyridine rings is 1. The van der Waals surface area contributed by atoms with E-state index in [0.29, 0.717) is 25.0 Å². The normalized spacial score (nSPS) is 16.2. The number of H-pyrrole nitrogens is 1.